The molecule has 0 fully saturated rings. The van der Waals surface area contributed by atoms with Crippen molar-refractivity contribution in [3.8, 4) is 0 Å². The summed E-state index contributed by atoms with van der Waals surface area (Å²) in [5, 5.41) is 6.77. The molecule has 1 aromatic heterocycles. The third-order valence-electron chi connectivity index (χ3n) is 5.08. The molecule has 2 aromatic carbocycles. The Kier molecular flexibility index (Phi) is 5.70. The summed E-state index contributed by atoms with van der Waals surface area (Å²) < 4.78 is 0. The number of amides is 1. The first kappa shape index (κ1) is 18.9. The summed E-state index contributed by atoms with van der Waals surface area (Å²) in [6.07, 6.45) is 3.21. The van der Waals surface area contributed by atoms with E-state index in [4.69, 9.17) is 0 Å². The molecule has 2 heterocycles. The van der Waals surface area contributed by atoms with Gasteiger partial charge in [-0.3, -0.25) is 4.79 Å². The van der Waals surface area contributed by atoms with Crippen molar-refractivity contribution >= 4 is 17.5 Å². The molecular weight excluding hydrogens is 362 g/mol. The van der Waals surface area contributed by atoms with E-state index in [-0.39, 0.29) is 12.1 Å². The van der Waals surface area contributed by atoms with E-state index in [0.717, 1.165) is 24.0 Å². The molecule has 0 saturated carbocycles. The Balaban J connectivity index is 1.66. The van der Waals surface area contributed by atoms with Crippen molar-refractivity contribution in [2.75, 3.05) is 17.2 Å². The number of nitrogens with zero attached hydrogens (tertiary/aromatic N) is 3. The van der Waals surface area contributed by atoms with Crippen LogP contribution in [0.1, 0.15) is 47.4 Å². The molecule has 6 heteroatoms. The van der Waals surface area contributed by atoms with Gasteiger partial charge in [-0.1, -0.05) is 74.0 Å². The number of fused-ring (bicyclic) bond motifs is 1. The van der Waals surface area contributed by atoms with Gasteiger partial charge in [0.15, 0.2) is 0 Å². The lowest BCUT2D eigenvalue weighted by Crippen LogP contribution is -2.44. The van der Waals surface area contributed by atoms with Gasteiger partial charge in [0.05, 0.1) is 0 Å². The lowest BCUT2D eigenvalue weighted by Gasteiger charge is -2.38. The first-order valence-corrected chi connectivity index (χ1v) is 10.0. The minimum absolute atomic E-state index is 0.0442. The molecular formula is C23H25N5O. The number of carbonyl (C=O) groups excluding carboxylic acids is 1. The first-order chi connectivity index (χ1) is 14.3. The van der Waals surface area contributed by atoms with Crippen molar-refractivity contribution in [3.63, 3.8) is 0 Å². The zero-order valence-corrected chi connectivity index (χ0v) is 16.5. The maximum Gasteiger partial charge on any atom is 0.263 e. The molecule has 6 nitrogen and oxygen atoms in total. The fourth-order valence-electron chi connectivity index (χ4n) is 3.54. The van der Waals surface area contributed by atoms with Crippen LogP contribution in [0.4, 0.5) is 11.6 Å². The number of hydrogen-bond acceptors (Lipinski definition) is 5. The van der Waals surface area contributed by atoms with Crippen LogP contribution in [0.25, 0.3) is 0 Å². The number of unbranched alkanes of at least 4 members (excludes halogenated alkanes) is 1. The van der Waals surface area contributed by atoms with Crippen LogP contribution in [0, 0.1) is 0 Å². The highest BCUT2D eigenvalue weighted by atomic mass is 16.2. The van der Waals surface area contributed by atoms with Crippen molar-refractivity contribution in [1.29, 1.82) is 0 Å². The second-order valence-electron chi connectivity index (χ2n) is 7.09. The zero-order valence-electron chi connectivity index (χ0n) is 16.5. The van der Waals surface area contributed by atoms with E-state index in [1.165, 1.54) is 6.33 Å². The standard InChI is InChI=1S/C23H25N5O/c1-2-3-14-28-22(18-12-8-5-9-13-18)27-21-19(23(28)29)20(25-16-26-21)24-15-17-10-6-4-7-11-17/h4-13,16,22H,2-3,14-15H2,1H3,(H2,24,25,26,27). The normalized spacial score (nSPS) is 15.6. The summed E-state index contributed by atoms with van der Waals surface area (Å²) in [6.45, 7) is 3.40. The van der Waals surface area contributed by atoms with Crippen molar-refractivity contribution < 1.29 is 4.79 Å². The molecule has 1 aliphatic heterocycles. The van der Waals surface area contributed by atoms with Gasteiger partial charge in [-0.25, -0.2) is 9.97 Å². The summed E-state index contributed by atoms with van der Waals surface area (Å²) >= 11 is 0. The smallest absolute Gasteiger partial charge is 0.263 e. The lowest BCUT2D eigenvalue weighted by molar-refractivity contribution is 0.0679. The van der Waals surface area contributed by atoms with Crippen LogP contribution in [-0.4, -0.2) is 27.3 Å². The maximum absolute atomic E-state index is 13.5. The Labute approximate surface area is 171 Å². The van der Waals surface area contributed by atoms with Gasteiger partial charge in [0.25, 0.3) is 5.91 Å². The molecule has 1 aliphatic rings. The second kappa shape index (κ2) is 8.73. The SMILES string of the molecule is CCCCN1C(=O)c2c(NCc3ccccc3)ncnc2NC1c1ccccc1. The highest BCUT2D eigenvalue weighted by Gasteiger charge is 2.35. The van der Waals surface area contributed by atoms with E-state index in [1.54, 1.807) is 0 Å². The number of anilines is 2. The van der Waals surface area contributed by atoms with E-state index in [9.17, 15) is 4.79 Å². The largest absolute Gasteiger partial charge is 0.365 e. The van der Waals surface area contributed by atoms with Crippen LogP contribution >= 0.6 is 0 Å². The molecule has 0 aliphatic carbocycles. The number of carbonyl (C=O) groups is 1. The van der Waals surface area contributed by atoms with Gasteiger partial charge in [-0.05, 0) is 17.5 Å². The Morgan fingerprint density at radius 1 is 1.03 bits per heavy atom. The van der Waals surface area contributed by atoms with E-state index < -0.39 is 0 Å². The van der Waals surface area contributed by atoms with Crippen molar-refractivity contribution in [2.24, 2.45) is 0 Å². The minimum Gasteiger partial charge on any atom is -0.365 e. The summed E-state index contributed by atoms with van der Waals surface area (Å²) in [6, 6.07) is 20.1. The fraction of sp³-hybridized carbons (Fsp3) is 0.261. The minimum atomic E-state index is -0.236. The maximum atomic E-state index is 13.5. The molecule has 1 unspecified atom stereocenters. The van der Waals surface area contributed by atoms with Gasteiger partial charge in [0, 0.05) is 13.1 Å². The van der Waals surface area contributed by atoms with E-state index in [2.05, 4.69) is 27.5 Å². The molecule has 0 bridgehead atoms. The Bertz CT molecular complexity index is 947. The molecule has 3 aromatic rings. The fourth-order valence-corrected chi connectivity index (χ4v) is 3.54. The molecule has 0 spiro atoms. The number of hydrogen-bond donors (Lipinski definition) is 2. The molecule has 1 amide bonds. The quantitative estimate of drug-likeness (QED) is 0.627. The summed E-state index contributed by atoms with van der Waals surface area (Å²) in [7, 11) is 0. The van der Waals surface area contributed by atoms with Crippen molar-refractivity contribution in [3.05, 3.63) is 83.7 Å². The molecule has 148 valence electrons. The van der Waals surface area contributed by atoms with Gasteiger partial charge >= 0.3 is 0 Å². The lowest BCUT2D eigenvalue weighted by atomic mass is 10.1. The second-order valence-corrected chi connectivity index (χ2v) is 7.09. The predicted octanol–water partition coefficient (Wildman–Crippen LogP) is 4.46. The Hall–Kier alpha value is -3.41. The van der Waals surface area contributed by atoms with Crippen molar-refractivity contribution in [1.82, 2.24) is 14.9 Å². The number of benzene rings is 2. The van der Waals surface area contributed by atoms with Crippen molar-refractivity contribution in [2.45, 2.75) is 32.5 Å². The third-order valence-corrected chi connectivity index (χ3v) is 5.08. The monoisotopic (exact) mass is 387 g/mol. The van der Waals surface area contributed by atoms with Crippen LogP contribution in [0.15, 0.2) is 67.0 Å². The average molecular weight is 387 g/mol. The Morgan fingerprint density at radius 3 is 2.48 bits per heavy atom. The Morgan fingerprint density at radius 2 is 1.76 bits per heavy atom. The predicted molar refractivity (Wildman–Crippen MR) is 115 cm³/mol. The van der Waals surface area contributed by atoms with E-state index in [1.807, 2.05) is 65.6 Å². The van der Waals surface area contributed by atoms with Gasteiger partial charge in [-0.15, -0.1) is 0 Å². The van der Waals surface area contributed by atoms with Gasteiger partial charge in [0.1, 0.15) is 29.7 Å². The highest BCUT2D eigenvalue weighted by molar-refractivity contribution is 6.05. The van der Waals surface area contributed by atoms with E-state index >= 15 is 0 Å². The molecule has 29 heavy (non-hydrogen) atoms. The average Bonchev–Trinajstić information content (AvgIpc) is 2.78. The van der Waals surface area contributed by atoms with E-state index in [0.29, 0.717) is 30.3 Å². The summed E-state index contributed by atoms with van der Waals surface area (Å²) in [5.41, 5.74) is 2.67. The zero-order chi connectivity index (χ0) is 20.1. The molecule has 1 atom stereocenters. The van der Waals surface area contributed by atoms with Crippen LogP contribution < -0.4 is 10.6 Å². The molecule has 0 radical (unpaired) electrons. The number of aromatic nitrogens is 2. The number of rotatable bonds is 7. The van der Waals surface area contributed by atoms with Gasteiger partial charge in [-0.2, -0.15) is 0 Å². The topological polar surface area (TPSA) is 70.2 Å². The first-order valence-electron chi connectivity index (χ1n) is 10.0. The summed E-state index contributed by atoms with van der Waals surface area (Å²) in [4.78, 5) is 24.1. The van der Waals surface area contributed by atoms with Crippen LogP contribution in [0.2, 0.25) is 0 Å². The molecule has 4 rings (SSSR count). The van der Waals surface area contributed by atoms with Gasteiger partial charge in [0.2, 0.25) is 0 Å². The van der Waals surface area contributed by atoms with Crippen LogP contribution in [0.5, 0.6) is 0 Å². The van der Waals surface area contributed by atoms with Crippen LogP contribution in [0.3, 0.4) is 0 Å². The molecule has 0 saturated heterocycles. The highest BCUT2D eigenvalue weighted by Crippen LogP contribution is 2.34. The summed E-state index contributed by atoms with van der Waals surface area (Å²) in [5.74, 6) is 1.09. The number of nitrogens with one attached hydrogen (secondary N) is 2. The third kappa shape index (κ3) is 4.06. The van der Waals surface area contributed by atoms with Gasteiger partial charge < -0.3 is 15.5 Å². The van der Waals surface area contributed by atoms with Crippen LogP contribution in [-0.2, 0) is 6.54 Å². The molecule has 2 N–H and O–H groups in total.